The fraction of sp³-hybridized carbons (Fsp3) is 0.192. The molecule has 6 heteroatoms. The number of halogens is 1. The Morgan fingerprint density at radius 1 is 0.969 bits per heavy atom. The van der Waals surface area contributed by atoms with E-state index in [1.54, 1.807) is 19.2 Å². The van der Waals surface area contributed by atoms with E-state index in [0.717, 1.165) is 33.6 Å². The molecule has 1 atom stereocenters. The molecule has 0 aliphatic carbocycles. The van der Waals surface area contributed by atoms with E-state index in [-0.39, 0.29) is 6.61 Å². The molecule has 0 saturated heterocycles. The fourth-order valence-electron chi connectivity index (χ4n) is 3.64. The van der Waals surface area contributed by atoms with Crippen LogP contribution in [0, 0.1) is 6.92 Å². The predicted molar refractivity (Wildman–Crippen MR) is 124 cm³/mol. The van der Waals surface area contributed by atoms with Gasteiger partial charge in [-0.25, -0.2) is 0 Å². The van der Waals surface area contributed by atoms with Crippen LogP contribution in [0.2, 0.25) is 5.02 Å². The smallest absolute Gasteiger partial charge is 0.141 e. The molecule has 0 radical (unpaired) electrons. The van der Waals surface area contributed by atoms with E-state index in [1.165, 1.54) is 0 Å². The van der Waals surface area contributed by atoms with Gasteiger partial charge in [0.15, 0.2) is 0 Å². The Morgan fingerprint density at radius 3 is 2.41 bits per heavy atom. The lowest BCUT2D eigenvalue weighted by Gasteiger charge is -2.16. The van der Waals surface area contributed by atoms with Crippen molar-refractivity contribution < 1.29 is 19.1 Å². The lowest BCUT2D eigenvalue weighted by atomic mass is 9.92. The van der Waals surface area contributed by atoms with Crippen molar-refractivity contribution in [2.45, 2.75) is 26.2 Å². The van der Waals surface area contributed by atoms with Gasteiger partial charge in [-0.15, -0.1) is 0 Å². The Kier molecular flexibility index (Phi) is 6.90. The van der Waals surface area contributed by atoms with Crippen molar-refractivity contribution in [3.63, 3.8) is 0 Å². The van der Waals surface area contributed by atoms with Crippen molar-refractivity contribution in [1.29, 1.82) is 0 Å². The number of ether oxygens (including phenoxy) is 2. The molecule has 164 valence electrons. The van der Waals surface area contributed by atoms with Gasteiger partial charge in [0.2, 0.25) is 0 Å². The Hall–Kier alpha value is -3.12. The molecule has 0 aliphatic heterocycles. The molecule has 0 spiro atoms. The molecule has 0 saturated carbocycles. The first-order valence-electron chi connectivity index (χ1n) is 10.3. The number of aliphatic hydroxyl groups excluding tert-OH is 1. The normalized spacial score (nSPS) is 12.0. The molecule has 1 heterocycles. The van der Waals surface area contributed by atoms with Gasteiger partial charge in [-0.1, -0.05) is 65.3 Å². The minimum atomic E-state index is -0.814. The fourth-order valence-corrected chi connectivity index (χ4v) is 3.76. The Bertz CT molecular complexity index is 1170. The van der Waals surface area contributed by atoms with Crippen LogP contribution in [0.1, 0.15) is 34.2 Å². The van der Waals surface area contributed by atoms with E-state index in [4.69, 9.17) is 25.6 Å². The second-order valence-electron chi connectivity index (χ2n) is 7.44. The van der Waals surface area contributed by atoms with Crippen LogP contribution in [0.4, 0.5) is 0 Å². The number of methoxy groups -OCH3 is 1. The number of rotatable bonds is 8. The van der Waals surface area contributed by atoms with Crippen LogP contribution >= 0.6 is 11.6 Å². The average Bonchev–Trinajstić information content (AvgIpc) is 3.19. The maximum atomic E-state index is 11.1. The van der Waals surface area contributed by atoms with Gasteiger partial charge < -0.3 is 19.1 Å². The van der Waals surface area contributed by atoms with Crippen molar-refractivity contribution in [3.05, 3.63) is 106 Å². The maximum Gasteiger partial charge on any atom is 0.141 e. The molecule has 32 heavy (non-hydrogen) atoms. The third-order valence-electron chi connectivity index (χ3n) is 5.31. The molecule has 1 aromatic heterocycles. The van der Waals surface area contributed by atoms with E-state index >= 15 is 0 Å². The molecule has 0 bridgehead atoms. The third kappa shape index (κ3) is 4.86. The quantitative estimate of drug-likeness (QED) is 0.351. The largest absolute Gasteiger partial charge is 0.497 e. The minimum absolute atomic E-state index is 0.282. The van der Waals surface area contributed by atoms with Crippen molar-refractivity contribution in [1.82, 2.24) is 5.16 Å². The van der Waals surface area contributed by atoms with Gasteiger partial charge in [-0.05, 0) is 53.4 Å². The second kappa shape index (κ2) is 10.0. The highest BCUT2D eigenvalue weighted by molar-refractivity contribution is 6.30. The number of hydrogen-bond acceptors (Lipinski definition) is 5. The standard InChI is InChI=1S/C26H24ClNO4/c1-17-25(24(28-32-17)16-31-15-18-7-13-21(30-2)14-8-18)22-5-3-4-6-23(22)26(29)19-9-11-20(27)12-10-19/h3-14,26,29H,15-16H2,1-2H3. The van der Waals surface area contributed by atoms with Gasteiger partial charge in [0.25, 0.3) is 0 Å². The maximum absolute atomic E-state index is 11.1. The van der Waals surface area contributed by atoms with Crippen LogP contribution in [-0.2, 0) is 18.0 Å². The molecule has 0 amide bonds. The van der Waals surface area contributed by atoms with Crippen molar-refractivity contribution in [2.24, 2.45) is 0 Å². The highest BCUT2D eigenvalue weighted by Crippen LogP contribution is 2.36. The Balaban J connectivity index is 1.57. The summed E-state index contributed by atoms with van der Waals surface area (Å²) in [4.78, 5) is 0. The predicted octanol–water partition coefficient (Wildman–Crippen LogP) is 6.11. The highest BCUT2D eigenvalue weighted by Gasteiger charge is 2.22. The minimum Gasteiger partial charge on any atom is -0.497 e. The first kappa shape index (κ1) is 22.1. The van der Waals surface area contributed by atoms with Gasteiger partial charge in [0.05, 0.1) is 25.9 Å². The number of aryl methyl sites for hydroxylation is 1. The van der Waals surface area contributed by atoms with Crippen LogP contribution < -0.4 is 4.74 Å². The van der Waals surface area contributed by atoms with Crippen LogP contribution in [0.15, 0.2) is 77.3 Å². The lowest BCUT2D eigenvalue weighted by molar-refractivity contribution is 0.102. The van der Waals surface area contributed by atoms with Crippen molar-refractivity contribution in [3.8, 4) is 16.9 Å². The van der Waals surface area contributed by atoms with Crippen LogP contribution in [-0.4, -0.2) is 17.4 Å². The molecular formula is C26H24ClNO4. The number of aliphatic hydroxyl groups is 1. The number of aromatic nitrogens is 1. The van der Waals surface area contributed by atoms with Crippen LogP contribution in [0.25, 0.3) is 11.1 Å². The molecule has 1 unspecified atom stereocenters. The van der Waals surface area contributed by atoms with Gasteiger partial charge in [0, 0.05) is 5.02 Å². The Morgan fingerprint density at radius 2 is 1.69 bits per heavy atom. The zero-order chi connectivity index (χ0) is 22.5. The monoisotopic (exact) mass is 449 g/mol. The molecule has 4 rings (SSSR count). The van der Waals surface area contributed by atoms with E-state index < -0.39 is 6.10 Å². The summed E-state index contributed by atoms with van der Waals surface area (Å²) >= 11 is 6.00. The zero-order valence-electron chi connectivity index (χ0n) is 17.9. The van der Waals surface area contributed by atoms with Gasteiger partial charge >= 0.3 is 0 Å². The third-order valence-corrected chi connectivity index (χ3v) is 5.56. The lowest BCUT2D eigenvalue weighted by Crippen LogP contribution is -2.03. The molecule has 4 aromatic rings. The number of benzene rings is 3. The van der Waals surface area contributed by atoms with E-state index in [0.29, 0.717) is 23.1 Å². The first-order chi connectivity index (χ1) is 15.6. The summed E-state index contributed by atoms with van der Waals surface area (Å²) in [6.45, 7) is 2.58. The molecule has 0 aliphatic rings. The van der Waals surface area contributed by atoms with E-state index in [9.17, 15) is 5.11 Å². The molecule has 1 N–H and O–H groups in total. The molecule has 3 aromatic carbocycles. The Labute approximate surface area is 192 Å². The molecular weight excluding hydrogens is 426 g/mol. The number of nitrogens with zero attached hydrogens (tertiary/aromatic N) is 1. The molecule has 0 fully saturated rings. The SMILES string of the molecule is COc1ccc(COCc2noc(C)c2-c2ccccc2C(O)c2ccc(Cl)cc2)cc1. The van der Waals surface area contributed by atoms with E-state index in [1.807, 2.05) is 67.6 Å². The summed E-state index contributed by atoms with van der Waals surface area (Å²) in [5, 5.41) is 15.9. The summed E-state index contributed by atoms with van der Waals surface area (Å²) in [5.41, 5.74) is 4.93. The first-order valence-corrected chi connectivity index (χ1v) is 10.6. The van der Waals surface area contributed by atoms with Crippen LogP contribution in [0.5, 0.6) is 5.75 Å². The number of hydrogen-bond donors (Lipinski definition) is 1. The summed E-state index contributed by atoms with van der Waals surface area (Å²) < 4.78 is 16.6. The second-order valence-corrected chi connectivity index (χ2v) is 7.88. The summed E-state index contributed by atoms with van der Waals surface area (Å²) in [5.74, 6) is 1.47. The summed E-state index contributed by atoms with van der Waals surface area (Å²) in [7, 11) is 1.64. The topological polar surface area (TPSA) is 64.7 Å². The molecule has 5 nitrogen and oxygen atoms in total. The summed E-state index contributed by atoms with van der Waals surface area (Å²) in [6, 6.07) is 22.6. The highest BCUT2D eigenvalue weighted by atomic mass is 35.5. The van der Waals surface area contributed by atoms with E-state index in [2.05, 4.69) is 5.16 Å². The van der Waals surface area contributed by atoms with Gasteiger partial charge in [-0.3, -0.25) is 0 Å². The van der Waals surface area contributed by atoms with Gasteiger partial charge in [0.1, 0.15) is 23.3 Å². The van der Waals surface area contributed by atoms with Gasteiger partial charge in [-0.2, -0.15) is 0 Å². The van der Waals surface area contributed by atoms with Crippen molar-refractivity contribution in [2.75, 3.05) is 7.11 Å². The van der Waals surface area contributed by atoms with Crippen molar-refractivity contribution >= 4 is 11.6 Å². The average molecular weight is 450 g/mol. The zero-order valence-corrected chi connectivity index (χ0v) is 18.7. The van der Waals surface area contributed by atoms with Crippen LogP contribution in [0.3, 0.4) is 0 Å². The summed E-state index contributed by atoms with van der Waals surface area (Å²) in [6.07, 6.45) is -0.814.